The Labute approximate surface area is 227 Å². The Hall–Kier alpha value is -3.27. The van der Waals surface area contributed by atoms with Crippen LogP contribution in [0, 0.1) is 0 Å². The number of aromatic nitrogens is 1. The Morgan fingerprint density at radius 3 is 2.54 bits per heavy atom. The lowest BCUT2D eigenvalue weighted by molar-refractivity contribution is -0.242. The number of hydrogen-bond acceptors (Lipinski definition) is 9. The van der Waals surface area contributed by atoms with E-state index in [1.165, 1.54) is 25.1 Å². The molecule has 2 aromatic rings. The highest BCUT2D eigenvalue weighted by atomic mass is 32.2. The summed E-state index contributed by atoms with van der Waals surface area (Å²) in [7, 11) is -4.36. The average Bonchev–Trinajstić information content (AvgIpc) is 3.25. The third-order valence-corrected chi connectivity index (χ3v) is 8.40. The molecule has 0 radical (unpaired) electrons. The molecule has 1 aromatic carbocycles. The van der Waals surface area contributed by atoms with Gasteiger partial charge in [-0.15, -0.1) is 0 Å². The number of nitrogens with one attached hydrogen (secondary N) is 2. The van der Waals surface area contributed by atoms with Gasteiger partial charge in [0.1, 0.15) is 11.9 Å². The molecule has 11 nitrogen and oxygen atoms in total. The van der Waals surface area contributed by atoms with Gasteiger partial charge in [-0.05, 0) is 45.4 Å². The first kappa shape index (κ1) is 30.3. The van der Waals surface area contributed by atoms with Crippen LogP contribution >= 0.6 is 11.3 Å². The van der Waals surface area contributed by atoms with E-state index in [1.54, 1.807) is 6.92 Å². The first-order valence-corrected chi connectivity index (χ1v) is 14.1. The Morgan fingerprint density at radius 2 is 1.95 bits per heavy atom. The maximum atomic E-state index is 13.9. The number of alkyl halides is 3. The van der Waals surface area contributed by atoms with Crippen molar-refractivity contribution in [3.05, 3.63) is 23.2 Å². The average molecular weight is 595 g/mol. The smallest absolute Gasteiger partial charge is 0.427 e. The molecular weight excluding hydrogens is 565 g/mol. The molecule has 0 spiro atoms. The van der Waals surface area contributed by atoms with Crippen LogP contribution in [0.2, 0.25) is 0 Å². The maximum Gasteiger partial charge on any atom is 0.427 e. The van der Waals surface area contributed by atoms with E-state index in [-0.39, 0.29) is 52.8 Å². The molecule has 3 rings (SSSR count). The molecular formula is C23H29F3N4O7S2. The van der Waals surface area contributed by atoms with Crippen LogP contribution in [0.3, 0.4) is 0 Å². The highest BCUT2D eigenvalue weighted by molar-refractivity contribution is 7.93. The van der Waals surface area contributed by atoms with Crippen LogP contribution in [0.25, 0.3) is 0 Å². The van der Waals surface area contributed by atoms with E-state index in [0.29, 0.717) is 25.3 Å². The van der Waals surface area contributed by atoms with E-state index in [9.17, 15) is 31.2 Å². The molecule has 1 aliphatic heterocycles. The van der Waals surface area contributed by atoms with Gasteiger partial charge < -0.3 is 19.5 Å². The van der Waals surface area contributed by atoms with Crippen LogP contribution in [-0.2, 0) is 26.0 Å². The van der Waals surface area contributed by atoms with Gasteiger partial charge in [-0.25, -0.2) is 9.78 Å². The van der Waals surface area contributed by atoms with Crippen molar-refractivity contribution in [2.75, 3.05) is 29.3 Å². The van der Waals surface area contributed by atoms with E-state index < -0.39 is 34.0 Å². The van der Waals surface area contributed by atoms with Crippen molar-refractivity contribution in [1.82, 2.24) is 10.3 Å². The molecule has 0 aliphatic carbocycles. The van der Waals surface area contributed by atoms with E-state index in [1.807, 2.05) is 6.92 Å². The number of anilines is 2. The lowest BCUT2D eigenvalue weighted by Gasteiger charge is -2.35. The quantitative estimate of drug-likeness (QED) is 0.443. The van der Waals surface area contributed by atoms with Crippen LogP contribution < -0.4 is 24.4 Å². The summed E-state index contributed by atoms with van der Waals surface area (Å²) in [6, 6.07) is 3.90. The largest absolute Gasteiger partial charge is 0.484 e. The number of amides is 2. The molecule has 2 N–H and O–H groups in total. The molecule has 1 aliphatic rings. The summed E-state index contributed by atoms with van der Waals surface area (Å²) in [6.07, 6.45) is -6.52. The zero-order chi connectivity index (χ0) is 29.2. The standard InChI is InChI=1S/C23H29F3N4O7S2/c1-6-18-29-19(20(38-18)35-7-2)39(33,34)30-12-15(11-27-13(3)31)36-17-9-8-14(10-16(17)30)28-21(32)37-22(4,5)23(24,25)26/h8-10,15H,6-7,11-12H2,1-5H3,(H,27,31)(H,28,32). The Balaban J connectivity index is 2.01. The van der Waals surface area contributed by atoms with Crippen molar-refractivity contribution in [2.45, 2.75) is 63.9 Å². The topological polar surface area (TPSA) is 136 Å². The number of sulfonamides is 1. The molecule has 2 heterocycles. The van der Waals surface area contributed by atoms with Crippen molar-refractivity contribution in [3.8, 4) is 10.8 Å². The van der Waals surface area contributed by atoms with Crippen LogP contribution in [0.4, 0.5) is 29.3 Å². The van der Waals surface area contributed by atoms with Gasteiger partial charge in [-0.1, -0.05) is 18.3 Å². The van der Waals surface area contributed by atoms with Crippen molar-refractivity contribution < 1.29 is 45.4 Å². The van der Waals surface area contributed by atoms with Gasteiger partial charge in [-0.3, -0.25) is 14.4 Å². The zero-order valence-electron chi connectivity index (χ0n) is 21.8. The van der Waals surface area contributed by atoms with Gasteiger partial charge in [0, 0.05) is 12.6 Å². The van der Waals surface area contributed by atoms with Crippen molar-refractivity contribution >= 4 is 44.7 Å². The molecule has 0 saturated heterocycles. The highest BCUT2D eigenvalue weighted by Crippen LogP contribution is 2.42. The number of nitrogens with zero attached hydrogens (tertiary/aromatic N) is 2. The van der Waals surface area contributed by atoms with Crippen LogP contribution in [0.5, 0.6) is 10.8 Å². The van der Waals surface area contributed by atoms with Gasteiger partial charge in [0.2, 0.25) is 21.6 Å². The summed E-state index contributed by atoms with van der Waals surface area (Å²) in [4.78, 5) is 27.9. The molecule has 216 valence electrons. The Morgan fingerprint density at radius 1 is 1.26 bits per heavy atom. The fourth-order valence-corrected chi connectivity index (χ4v) is 6.16. The summed E-state index contributed by atoms with van der Waals surface area (Å²) in [6.45, 7) is 6.17. The number of carbonyl (C=O) groups is 2. The second kappa shape index (κ2) is 11.5. The molecule has 2 amide bonds. The predicted molar refractivity (Wildman–Crippen MR) is 137 cm³/mol. The van der Waals surface area contributed by atoms with E-state index in [0.717, 1.165) is 15.6 Å². The number of benzene rings is 1. The molecule has 1 atom stereocenters. The number of ether oxygens (including phenoxy) is 3. The molecule has 39 heavy (non-hydrogen) atoms. The van der Waals surface area contributed by atoms with Crippen molar-refractivity contribution in [2.24, 2.45) is 0 Å². The number of thiazole rings is 1. The van der Waals surface area contributed by atoms with Crippen LogP contribution in [-0.4, -0.2) is 63.0 Å². The molecule has 1 aromatic heterocycles. The summed E-state index contributed by atoms with van der Waals surface area (Å²) in [5.41, 5.74) is -2.81. The van der Waals surface area contributed by atoms with Gasteiger partial charge in [0.25, 0.3) is 10.0 Å². The lowest BCUT2D eigenvalue weighted by Crippen LogP contribution is -2.48. The number of rotatable bonds is 9. The van der Waals surface area contributed by atoms with Gasteiger partial charge >= 0.3 is 12.3 Å². The summed E-state index contributed by atoms with van der Waals surface area (Å²) >= 11 is 1.10. The Kier molecular flexibility index (Phi) is 8.89. The maximum absolute atomic E-state index is 13.9. The normalized spacial score (nSPS) is 15.7. The van der Waals surface area contributed by atoms with Gasteiger partial charge in [0.15, 0.2) is 0 Å². The molecule has 0 bridgehead atoms. The monoisotopic (exact) mass is 594 g/mol. The highest BCUT2D eigenvalue weighted by Gasteiger charge is 2.51. The summed E-state index contributed by atoms with van der Waals surface area (Å²) < 4.78 is 84.1. The van der Waals surface area contributed by atoms with Crippen LogP contribution in [0.1, 0.15) is 39.6 Å². The zero-order valence-corrected chi connectivity index (χ0v) is 23.5. The Bertz CT molecular complexity index is 1330. The van der Waals surface area contributed by atoms with Crippen molar-refractivity contribution in [3.63, 3.8) is 0 Å². The minimum absolute atomic E-state index is 0.00421. The third kappa shape index (κ3) is 6.84. The predicted octanol–water partition coefficient (Wildman–Crippen LogP) is 4.09. The molecule has 0 saturated carbocycles. The van der Waals surface area contributed by atoms with E-state index >= 15 is 0 Å². The second-order valence-corrected chi connectivity index (χ2v) is 11.7. The van der Waals surface area contributed by atoms with Crippen molar-refractivity contribution in [1.29, 1.82) is 0 Å². The number of halogens is 3. The summed E-state index contributed by atoms with van der Waals surface area (Å²) in [5, 5.41) is 5.11. The SMILES string of the molecule is CCOc1sc(CC)nc1S(=O)(=O)N1CC(CNC(C)=O)Oc2ccc(NC(=O)OC(C)(C)C(F)(F)F)cc21. The number of fused-ring (bicyclic) bond motifs is 1. The fraction of sp³-hybridized carbons (Fsp3) is 0.522. The molecule has 0 fully saturated rings. The first-order chi connectivity index (χ1) is 18.1. The van der Waals surface area contributed by atoms with E-state index in [4.69, 9.17) is 9.47 Å². The second-order valence-electron chi connectivity index (χ2n) is 8.90. The number of aryl methyl sites for hydroxylation is 1. The van der Waals surface area contributed by atoms with Gasteiger partial charge in [0.05, 0.1) is 30.4 Å². The number of carbonyl (C=O) groups excluding carboxylic acids is 2. The van der Waals surface area contributed by atoms with Gasteiger partial charge in [-0.2, -0.15) is 21.6 Å². The van der Waals surface area contributed by atoms with E-state index in [2.05, 4.69) is 20.4 Å². The minimum atomic E-state index is -4.81. The minimum Gasteiger partial charge on any atom is -0.484 e. The third-order valence-electron chi connectivity index (χ3n) is 5.47. The number of hydrogen-bond donors (Lipinski definition) is 2. The first-order valence-electron chi connectivity index (χ1n) is 11.9. The molecule has 16 heteroatoms. The van der Waals surface area contributed by atoms with Crippen LogP contribution in [0.15, 0.2) is 23.2 Å². The lowest BCUT2D eigenvalue weighted by atomic mass is 10.1. The fourth-order valence-electron chi connectivity index (χ4n) is 3.39. The molecule has 1 unspecified atom stereocenters. The summed E-state index contributed by atoms with van der Waals surface area (Å²) in [5.74, 6) is -0.247.